The number of aromatic amines is 1. The first-order chi connectivity index (χ1) is 10.1. The van der Waals surface area contributed by atoms with E-state index >= 15 is 0 Å². The standard InChI is InChI=1S/C13H7ClN4O3/c14-9-3-1-7(5-10(9)18(20)21)13-12-8(6-15-17-13)2-4-11(19)16-12/h1-6H,(H,16,19). The molecule has 3 rings (SSSR count). The summed E-state index contributed by atoms with van der Waals surface area (Å²) in [4.78, 5) is 24.5. The Labute approximate surface area is 122 Å². The van der Waals surface area contributed by atoms with Crippen molar-refractivity contribution in [3.05, 3.63) is 62.0 Å². The van der Waals surface area contributed by atoms with Crippen molar-refractivity contribution in [2.45, 2.75) is 0 Å². The normalized spacial score (nSPS) is 10.7. The molecule has 0 spiro atoms. The summed E-state index contributed by atoms with van der Waals surface area (Å²) < 4.78 is 0. The van der Waals surface area contributed by atoms with Gasteiger partial charge >= 0.3 is 0 Å². The third kappa shape index (κ3) is 2.34. The highest BCUT2D eigenvalue weighted by Crippen LogP contribution is 2.31. The SMILES string of the molecule is O=c1ccc2cnnc(-c3ccc(Cl)c([N+](=O)[O-])c3)c2[nH]1. The van der Waals surface area contributed by atoms with Crippen molar-refractivity contribution in [2.24, 2.45) is 0 Å². The molecule has 0 fully saturated rings. The van der Waals surface area contributed by atoms with Gasteiger partial charge in [0.05, 0.1) is 16.6 Å². The van der Waals surface area contributed by atoms with Gasteiger partial charge in [0, 0.05) is 23.1 Å². The van der Waals surface area contributed by atoms with E-state index in [1.54, 1.807) is 12.1 Å². The van der Waals surface area contributed by atoms with Crippen molar-refractivity contribution in [3.8, 4) is 11.3 Å². The number of pyridine rings is 1. The van der Waals surface area contributed by atoms with Crippen LogP contribution in [0.3, 0.4) is 0 Å². The number of nitro groups is 1. The first-order valence-electron chi connectivity index (χ1n) is 5.85. The van der Waals surface area contributed by atoms with Crippen LogP contribution in [0.1, 0.15) is 0 Å². The van der Waals surface area contributed by atoms with Gasteiger partial charge in [-0.05, 0) is 12.1 Å². The zero-order valence-electron chi connectivity index (χ0n) is 10.4. The van der Waals surface area contributed by atoms with Crippen LogP contribution in [0.2, 0.25) is 5.02 Å². The third-order valence-electron chi connectivity index (χ3n) is 2.96. The zero-order chi connectivity index (χ0) is 15.0. The van der Waals surface area contributed by atoms with Gasteiger partial charge in [0.2, 0.25) is 5.56 Å². The van der Waals surface area contributed by atoms with E-state index in [1.165, 1.54) is 24.4 Å². The minimum Gasteiger partial charge on any atom is -0.320 e. The molecule has 1 aromatic carbocycles. The maximum Gasteiger partial charge on any atom is 0.288 e. The van der Waals surface area contributed by atoms with Crippen LogP contribution < -0.4 is 5.56 Å². The highest BCUT2D eigenvalue weighted by molar-refractivity contribution is 6.32. The van der Waals surface area contributed by atoms with Gasteiger partial charge in [-0.1, -0.05) is 17.7 Å². The monoisotopic (exact) mass is 302 g/mol. The first kappa shape index (κ1) is 13.2. The number of hydrogen-bond donors (Lipinski definition) is 1. The molecule has 8 heteroatoms. The largest absolute Gasteiger partial charge is 0.320 e. The fraction of sp³-hybridized carbons (Fsp3) is 0. The summed E-state index contributed by atoms with van der Waals surface area (Å²) in [6.07, 6.45) is 1.50. The molecular formula is C13H7ClN4O3. The molecule has 0 saturated heterocycles. The lowest BCUT2D eigenvalue weighted by Gasteiger charge is -2.05. The Morgan fingerprint density at radius 3 is 2.81 bits per heavy atom. The number of benzene rings is 1. The second-order valence-corrected chi connectivity index (χ2v) is 4.68. The quantitative estimate of drug-likeness (QED) is 0.579. The van der Waals surface area contributed by atoms with Crippen LogP contribution in [0, 0.1) is 10.1 Å². The minimum absolute atomic E-state index is 0.0328. The van der Waals surface area contributed by atoms with Crippen LogP contribution in [-0.4, -0.2) is 20.1 Å². The molecule has 0 bridgehead atoms. The van der Waals surface area contributed by atoms with Crippen LogP contribution in [0.4, 0.5) is 5.69 Å². The Bertz CT molecular complexity index is 923. The average molecular weight is 303 g/mol. The Morgan fingerprint density at radius 2 is 2.05 bits per heavy atom. The van der Waals surface area contributed by atoms with Gasteiger partial charge in [0.25, 0.3) is 5.69 Å². The predicted octanol–water partition coefficient (Wildman–Crippen LogP) is 2.55. The topological polar surface area (TPSA) is 102 Å². The fourth-order valence-electron chi connectivity index (χ4n) is 1.99. The molecule has 2 aromatic heterocycles. The average Bonchev–Trinajstić information content (AvgIpc) is 2.47. The van der Waals surface area contributed by atoms with Crippen LogP contribution in [0.25, 0.3) is 22.2 Å². The maximum absolute atomic E-state index is 11.5. The van der Waals surface area contributed by atoms with Crippen LogP contribution in [0.5, 0.6) is 0 Å². The van der Waals surface area contributed by atoms with Crippen LogP contribution in [-0.2, 0) is 0 Å². The van der Waals surface area contributed by atoms with Gasteiger partial charge in [-0.2, -0.15) is 5.10 Å². The molecule has 21 heavy (non-hydrogen) atoms. The van der Waals surface area contributed by atoms with E-state index in [1.807, 2.05) is 0 Å². The van der Waals surface area contributed by atoms with Crippen molar-refractivity contribution in [1.82, 2.24) is 15.2 Å². The second-order valence-electron chi connectivity index (χ2n) is 4.27. The van der Waals surface area contributed by atoms with E-state index < -0.39 is 4.92 Å². The number of nitrogens with zero attached hydrogens (tertiary/aromatic N) is 3. The lowest BCUT2D eigenvalue weighted by molar-refractivity contribution is -0.384. The minimum atomic E-state index is -0.576. The number of fused-ring (bicyclic) bond motifs is 1. The summed E-state index contributed by atoms with van der Waals surface area (Å²) in [5.41, 5.74) is 0.747. The summed E-state index contributed by atoms with van der Waals surface area (Å²) in [6.45, 7) is 0. The molecule has 3 aromatic rings. The molecule has 7 nitrogen and oxygen atoms in total. The molecule has 0 aliphatic rings. The molecule has 2 heterocycles. The van der Waals surface area contributed by atoms with E-state index in [0.717, 1.165) is 0 Å². The van der Waals surface area contributed by atoms with Gasteiger partial charge in [-0.15, -0.1) is 5.10 Å². The Balaban J connectivity index is 2.30. The number of halogens is 1. The number of hydrogen-bond acceptors (Lipinski definition) is 5. The lowest BCUT2D eigenvalue weighted by atomic mass is 10.1. The predicted molar refractivity (Wildman–Crippen MR) is 77.3 cm³/mol. The van der Waals surface area contributed by atoms with E-state index in [-0.39, 0.29) is 16.3 Å². The molecule has 0 saturated carbocycles. The number of nitro benzene ring substituents is 1. The first-order valence-corrected chi connectivity index (χ1v) is 6.23. The number of nitrogens with one attached hydrogen (secondary N) is 1. The van der Waals surface area contributed by atoms with Gasteiger partial charge < -0.3 is 4.98 Å². The van der Waals surface area contributed by atoms with Crippen LogP contribution in [0.15, 0.2) is 41.3 Å². The molecule has 0 aliphatic heterocycles. The van der Waals surface area contributed by atoms with E-state index in [2.05, 4.69) is 15.2 Å². The fourth-order valence-corrected chi connectivity index (χ4v) is 2.18. The van der Waals surface area contributed by atoms with Crippen molar-refractivity contribution in [1.29, 1.82) is 0 Å². The van der Waals surface area contributed by atoms with Crippen molar-refractivity contribution in [2.75, 3.05) is 0 Å². The van der Waals surface area contributed by atoms with Crippen molar-refractivity contribution in [3.63, 3.8) is 0 Å². The Morgan fingerprint density at radius 1 is 1.24 bits per heavy atom. The third-order valence-corrected chi connectivity index (χ3v) is 3.28. The summed E-state index contributed by atoms with van der Waals surface area (Å²) in [7, 11) is 0. The molecule has 0 radical (unpaired) electrons. The lowest BCUT2D eigenvalue weighted by Crippen LogP contribution is -2.04. The number of aromatic nitrogens is 3. The number of H-pyrrole nitrogens is 1. The summed E-state index contributed by atoms with van der Waals surface area (Å²) in [6, 6.07) is 7.28. The molecule has 0 amide bonds. The van der Waals surface area contributed by atoms with Gasteiger partial charge in [-0.25, -0.2) is 0 Å². The van der Waals surface area contributed by atoms with Gasteiger partial charge in [0.15, 0.2) is 0 Å². The Kier molecular flexibility index (Phi) is 3.11. The summed E-state index contributed by atoms with van der Waals surface area (Å²) >= 11 is 5.79. The molecule has 0 unspecified atom stereocenters. The smallest absolute Gasteiger partial charge is 0.288 e. The van der Waals surface area contributed by atoms with Crippen LogP contribution >= 0.6 is 11.6 Å². The highest BCUT2D eigenvalue weighted by Gasteiger charge is 2.16. The van der Waals surface area contributed by atoms with Gasteiger partial charge in [-0.3, -0.25) is 14.9 Å². The summed E-state index contributed by atoms with van der Waals surface area (Å²) in [5, 5.41) is 19.5. The van der Waals surface area contributed by atoms with E-state index in [9.17, 15) is 14.9 Å². The summed E-state index contributed by atoms with van der Waals surface area (Å²) in [5.74, 6) is 0. The molecule has 1 N–H and O–H groups in total. The van der Waals surface area contributed by atoms with E-state index in [4.69, 9.17) is 11.6 Å². The van der Waals surface area contributed by atoms with Gasteiger partial charge in [0.1, 0.15) is 10.7 Å². The molecule has 0 aliphatic carbocycles. The molecule has 0 atom stereocenters. The number of rotatable bonds is 2. The zero-order valence-corrected chi connectivity index (χ0v) is 11.2. The van der Waals surface area contributed by atoms with Crippen molar-refractivity contribution < 1.29 is 4.92 Å². The maximum atomic E-state index is 11.5. The second kappa shape index (κ2) is 4.95. The van der Waals surface area contributed by atoms with Crippen molar-refractivity contribution >= 4 is 28.2 Å². The van der Waals surface area contributed by atoms with E-state index in [0.29, 0.717) is 22.2 Å². The highest BCUT2D eigenvalue weighted by atomic mass is 35.5. The molecular weight excluding hydrogens is 296 g/mol. The Hall–Kier alpha value is -2.80. The molecule has 104 valence electrons.